The Labute approximate surface area is 121 Å². The maximum atomic E-state index is 11.5. The summed E-state index contributed by atoms with van der Waals surface area (Å²) in [5.41, 5.74) is 0.750. The third-order valence-corrected chi connectivity index (χ3v) is 3.77. The Bertz CT molecular complexity index is 489. The zero-order valence-electron chi connectivity index (χ0n) is 13.1. The molecular weight excluding hydrogens is 255 g/mol. The first kappa shape index (κ1) is 16.7. The highest BCUT2D eigenvalue weighted by Gasteiger charge is 2.35. The monoisotopic (exact) mass is 278 g/mol. The minimum Gasteiger partial charge on any atom is -0.465 e. The maximum absolute atomic E-state index is 11.5. The average molecular weight is 278 g/mol. The van der Waals surface area contributed by atoms with E-state index in [1.54, 1.807) is 19.9 Å². The van der Waals surface area contributed by atoms with E-state index in [0.29, 0.717) is 13.0 Å². The van der Waals surface area contributed by atoms with Crippen molar-refractivity contribution in [2.75, 3.05) is 7.11 Å². The fraction of sp³-hybridized carbons (Fsp3) is 0.533. The standard InChI is InChI=1S/C15H23BO4/c1-10-9-11(7-8-12(10)13(17)19-6)16-20-15(4,5)14(2,3)18/h7-9,16,18H,1-6H3. The lowest BCUT2D eigenvalue weighted by Crippen LogP contribution is -2.49. The average Bonchev–Trinajstić information content (AvgIpc) is 2.34. The van der Waals surface area contributed by atoms with Gasteiger partial charge in [0, 0.05) is 0 Å². The topological polar surface area (TPSA) is 55.8 Å². The molecule has 5 heteroatoms. The van der Waals surface area contributed by atoms with Gasteiger partial charge in [0.15, 0.2) is 0 Å². The number of methoxy groups -OCH3 is 1. The normalized spacial score (nSPS) is 12.2. The van der Waals surface area contributed by atoms with Crippen LogP contribution in [0, 0.1) is 6.92 Å². The number of carbonyl (C=O) groups is 1. The van der Waals surface area contributed by atoms with Gasteiger partial charge in [-0.3, -0.25) is 0 Å². The van der Waals surface area contributed by atoms with Gasteiger partial charge in [-0.25, -0.2) is 4.79 Å². The molecule has 0 atom stereocenters. The number of hydrogen-bond donors (Lipinski definition) is 1. The van der Waals surface area contributed by atoms with Crippen LogP contribution < -0.4 is 5.46 Å². The summed E-state index contributed by atoms with van der Waals surface area (Å²) in [4.78, 5) is 11.5. The molecular formula is C15H23BO4. The quantitative estimate of drug-likeness (QED) is 0.652. The fourth-order valence-corrected chi connectivity index (χ4v) is 1.59. The van der Waals surface area contributed by atoms with Crippen molar-refractivity contribution in [1.82, 2.24) is 0 Å². The van der Waals surface area contributed by atoms with E-state index in [9.17, 15) is 9.90 Å². The first-order valence-corrected chi connectivity index (χ1v) is 6.62. The predicted octanol–water partition coefficient (Wildman–Crippen LogP) is 1.32. The summed E-state index contributed by atoms with van der Waals surface area (Å²) >= 11 is 0. The smallest absolute Gasteiger partial charge is 0.338 e. The van der Waals surface area contributed by atoms with E-state index in [2.05, 4.69) is 0 Å². The van der Waals surface area contributed by atoms with Gasteiger partial charge in [0.1, 0.15) is 0 Å². The Hall–Kier alpha value is -1.33. The largest absolute Gasteiger partial charge is 0.465 e. The van der Waals surface area contributed by atoms with Crippen LogP contribution in [0.25, 0.3) is 0 Å². The van der Waals surface area contributed by atoms with Gasteiger partial charge in [-0.1, -0.05) is 17.6 Å². The number of ether oxygens (including phenoxy) is 1. The van der Waals surface area contributed by atoms with Gasteiger partial charge in [-0.2, -0.15) is 0 Å². The molecule has 1 rings (SSSR count). The second-order valence-electron chi connectivity index (χ2n) is 6.00. The molecule has 0 saturated heterocycles. The van der Waals surface area contributed by atoms with E-state index < -0.39 is 11.2 Å². The summed E-state index contributed by atoms with van der Waals surface area (Å²) in [5, 5.41) is 10.0. The van der Waals surface area contributed by atoms with Crippen LogP contribution in [0.5, 0.6) is 0 Å². The molecule has 4 nitrogen and oxygen atoms in total. The molecule has 110 valence electrons. The highest BCUT2D eigenvalue weighted by Crippen LogP contribution is 2.24. The highest BCUT2D eigenvalue weighted by molar-refractivity contribution is 6.47. The van der Waals surface area contributed by atoms with Crippen LogP contribution >= 0.6 is 0 Å². The van der Waals surface area contributed by atoms with Crippen LogP contribution in [0.2, 0.25) is 0 Å². The second-order valence-corrected chi connectivity index (χ2v) is 6.00. The number of carbonyl (C=O) groups excluding carboxylic acids is 1. The van der Waals surface area contributed by atoms with Gasteiger partial charge in [0.25, 0.3) is 0 Å². The summed E-state index contributed by atoms with van der Waals surface area (Å²) in [6, 6.07) is 5.46. The first-order chi connectivity index (χ1) is 9.08. The molecule has 0 bridgehead atoms. The van der Waals surface area contributed by atoms with E-state index >= 15 is 0 Å². The molecule has 0 amide bonds. The molecule has 0 aliphatic heterocycles. The number of aryl methyl sites for hydroxylation is 1. The molecule has 0 aromatic heterocycles. The summed E-state index contributed by atoms with van der Waals surface area (Å²) < 4.78 is 10.5. The zero-order valence-corrected chi connectivity index (χ0v) is 13.1. The van der Waals surface area contributed by atoms with Gasteiger partial charge in [0.05, 0.1) is 23.9 Å². The zero-order chi connectivity index (χ0) is 15.6. The molecule has 0 saturated carbocycles. The van der Waals surface area contributed by atoms with Crippen LogP contribution in [0.1, 0.15) is 43.6 Å². The Morgan fingerprint density at radius 3 is 2.30 bits per heavy atom. The lowest BCUT2D eigenvalue weighted by atomic mass is 9.81. The molecule has 1 aromatic rings. The van der Waals surface area contributed by atoms with Crippen LogP contribution in [-0.4, -0.2) is 36.9 Å². The number of benzene rings is 1. The Kier molecular flexibility index (Phi) is 5.00. The molecule has 0 aliphatic carbocycles. The maximum Gasteiger partial charge on any atom is 0.338 e. The lowest BCUT2D eigenvalue weighted by Gasteiger charge is -2.37. The van der Waals surface area contributed by atoms with E-state index in [1.807, 2.05) is 32.9 Å². The van der Waals surface area contributed by atoms with Crippen molar-refractivity contribution in [2.45, 2.75) is 45.8 Å². The molecule has 0 unspecified atom stereocenters. The third-order valence-electron chi connectivity index (χ3n) is 3.77. The van der Waals surface area contributed by atoms with Gasteiger partial charge in [-0.05, 0) is 46.2 Å². The van der Waals surface area contributed by atoms with Crippen molar-refractivity contribution in [3.05, 3.63) is 29.3 Å². The molecule has 1 aromatic carbocycles. The van der Waals surface area contributed by atoms with Gasteiger partial charge < -0.3 is 14.5 Å². The van der Waals surface area contributed by atoms with Crippen molar-refractivity contribution in [2.24, 2.45) is 0 Å². The second kappa shape index (κ2) is 5.98. The van der Waals surface area contributed by atoms with Crippen LogP contribution in [0.3, 0.4) is 0 Å². The Balaban J connectivity index is 2.81. The molecule has 0 heterocycles. The van der Waals surface area contributed by atoms with E-state index in [1.165, 1.54) is 7.11 Å². The van der Waals surface area contributed by atoms with Crippen molar-refractivity contribution in [1.29, 1.82) is 0 Å². The molecule has 20 heavy (non-hydrogen) atoms. The van der Waals surface area contributed by atoms with Crippen molar-refractivity contribution in [3.63, 3.8) is 0 Å². The summed E-state index contributed by atoms with van der Waals surface area (Å²) in [6.45, 7) is 9.00. The highest BCUT2D eigenvalue weighted by atomic mass is 16.5. The SMILES string of the molecule is COC(=O)c1ccc(BOC(C)(C)C(C)(C)O)cc1C. The van der Waals surface area contributed by atoms with Gasteiger partial charge in [0.2, 0.25) is 0 Å². The Morgan fingerprint density at radius 1 is 1.25 bits per heavy atom. The van der Waals surface area contributed by atoms with Crippen LogP contribution in [0.15, 0.2) is 18.2 Å². The molecule has 0 aliphatic rings. The van der Waals surface area contributed by atoms with Crippen LogP contribution in [-0.2, 0) is 9.39 Å². The van der Waals surface area contributed by atoms with E-state index in [4.69, 9.17) is 9.39 Å². The lowest BCUT2D eigenvalue weighted by molar-refractivity contribution is -0.0893. The summed E-state index contributed by atoms with van der Waals surface area (Å²) in [7, 11) is 1.74. The molecule has 1 N–H and O–H groups in total. The molecule has 0 spiro atoms. The van der Waals surface area contributed by atoms with Crippen molar-refractivity contribution in [3.8, 4) is 0 Å². The van der Waals surface area contributed by atoms with Crippen molar-refractivity contribution < 1.29 is 19.3 Å². The van der Waals surface area contributed by atoms with Gasteiger partial charge in [-0.15, -0.1) is 0 Å². The van der Waals surface area contributed by atoms with Gasteiger partial charge >= 0.3 is 13.5 Å². The summed E-state index contributed by atoms with van der Waals surface area (Å²) in [6.07, 6.45) is 0. The van der Waals surface area contributed by atoms with E-state index in [-0.39, 0.29) is 5.97 Å². The predicted molar refractivity (Wildman–Crippen MR) is 80.8 cm³/mol. The Morgan fingerprint density at radius 2 is 1.85 bits per heavy atom. The fourth-order valence-electron chi connectivity index (χ4n) is 1.59. The summed E-state index contributed by atoms with van der Waals surface area (Å²) in [5.74, 6) is -0.341. The molecule has 0 radical (unpaired) electrons. The minimum absolute atomic E-state index is 0.341. The van der Waals surface area contributed by atoms with E-state index in [0.717, 1.165) is 11.0 Å². The number of hydrogen-bond acceptors (Lipinski definition) is 4. The third kappa shape index (κ3) is 3.84. The minimum atomic E-state index is -0.937. The van der Waals surface area contributed by atoms with Crippen molar-refractivity contribution >= 4 is 18.9 Å². The molecule has 0 fully saturated rings. The first-order valence-electron chi connectivity index (χ1n) is 6.62. The number of aliphatic hydroxyl groups is 1. The number of esters is 1. The van der Waals surface area contributed by atoms with Crippen LogP contribution in [0.4, 0.5) is 0 Å². The number of rotatable bonds is 5.